The van der Waals surface area contributed by atoms with Crippen molar-refractivity contribution in [2.45, 2.75) is 52.5 Å². The number of amides is 1. The van der Waals surface area contributed by atoms with Crippen LogP contribution in [0.2, 0.25) is 0 Å². The Kier molecular flexibility index (Phi) is 8.15. The molecule has 1 amide bonds. The molecule has 1 heterocycles. The molecule has 0 aromatic rings. The van der Waals surface area contributed by atoms with E-state index in [4.69, 9.17) is 0 Å². The molecule has 0 saturated carbocycles. The van der Waals surface area contributed by atoms with E-state index in [9.17, 15) is 4.79 Å². The highest BCUT2D eigenvalue weighted by molar-refractivity contribution is 5.76. The zero-order valence-corrected chi connectivity index (χ0v) is 13.7. The van der Waals surface area contributed by atoms with Crippen LogP contribution in [0.15, 0.2) is 0 Å². The molecular formula is C16H33N3O. The van der Waals surface area contributed by atoms with Crippen molar-refractivity contribution < 1.29 is 4.79 Å². The molecule has 1 aliphatic heterocycles. The lowest BCUT2D eigenvalue weighted by atomic mass is 9.85. The van der Waals surface area contributed by atoms with Crippen LogP contribution in [-0.4, -0.2) is 50.1 Å². The van der Waals surface area contributed by atoms with E-state index in [2.05, 4.69) is 43.4 Å². The van der Waals surface area contributed by atoms with Gasteiger partial charge in [0, 0.05) is 25.6 Å². The van der Waals surface area contributed by atoms with Crippen LogP contribution in [0.3, 0.4) is 0 Å². The first-order valence-electron chi connectivity index (χ1n) is 8.22. The summed E-state index contributed by atoms with van der Waals surface area (Å²) in [7, 11) is 2.12. The van der Waals surface area contributed by atoms with Gasteiger partial charge in [-0.15, -0.1) is 0 Å². The van der Waals surface area contributed by atoms with Crippen molar-refractivity contribution in [3.05, 3.63) is 0 Å². The molecular weight excluding hydrogens is 250 g/mol. The summed E-state index contributed by atoms with van der Waals surface area (Å²) in [5, 5.41) is 6.49. The molecule has 2 N–H and O–H groups in total. The number of nitrogens with one attached hydrogen (secondary N) is 2. The van der Waals surface area contributed by atoms with Gasteiger partial charge in [-0.05, 0) is 58.2 Å². The second-order valence-corrected chi connectivity index (χ2v) is 6.38. The fourth-order valence-corrected chi connectivity index (χ4v) is 2.80. The number of piperidine rings is 1. The fourth-order valence-electron chi connectivity index (χ4n) is 2.80. The lowest BCUT2D eigenvalue weighted by Gasteiger charge is -2.28. The lowest BCUT2D eigenvalue weighted by molar-refractivity contribution is -0.122. The monoisotopic (exact) mass is 283 g/mol. The highest BCUT2D eigenvalue weighted by Gasteiger charge is 2.21. The van der Waals surface area contributed by atoms with Crippen molar-refractivity contribution >= 4 is 5.91 Å². The summed E-state index contributed by atoms with van der Waals surface area (Å²) in [5.74, 6) is 1.35. The van der Waals surface area contributed by atoms with Gasteiger partial charge in [-0.3, -0.25) is 4.79 Å². The Morgan fingerprint density at radius 2 is 2.20 bits per heavy atom. The normalized spacial score (nSPS) is 22.6. The van der Waals surface area contributed by atoms with Gasteiger partial charge in [0.15, 0.2) is 0 Å². The summed E-state index contributed by atoms with van der Waals surface area (Å²) in [6, 6.07) is 0.583. The van der Waals surface area contributed by atoms with Gasteiger partial charge in [-0.1, -0.05) is 13.8 Å². The highest BCUT2D eigenvalue weighted by atomic mass is 16.1. The van der Waals surface area contributed by atoms with E-state index < -0.39 is 0 Å². The van der Waals surface area contributed by atoms with E-state index in [1.165, 1.54) is 12.8 Å². The number of hydrogen-bond donors (Lipinski definition) is 2. The molecule has 0 spiro atoms. The van der Waals surface area contributed by atoms with Gasteiger partial charge in [0.1, 0.15) is 0 Å². The second kappa shape index (κ2) is 9.35. The molecule has 1 aliphatic rings. The molecule has 3 unspecified atom stereocenters. The summed E-state index contributed by atoms with van der Waals surface area (Å²) >= 11 is 0. The van der Waals surface area contributed by atoms with Gasteiger partial charge < -0.3 is 15.5 Å². The molecule has 20 heavy (non-hydrogen) atoms. The van der Waals surface area contributed by atoms with E-state index in [-0.39, 0.29) is 5.91 Å². The maximum absolute atomic E-state index is 12.0. The van der Waals surface area contributed by atoms with Gasteiger partial charge in [0.25, 0.3) is 0 Å². The highest BCUT2D eigenvalue weighted by Crippen LogP contribution is 2.22. The minimum absolute atomic E-state index is 0.209. The zero-order chi connectivity index (χ0) is 15.0. The molecule has 1 saturated heterocycles. The Labute approximate surface area is 124 Å². The summed E-state index contributed by atoms with van der Waals surface area (Å²) in [6.45, 7) is 10.5. The average Bonchev–Trinajstić information content (AvgIpc) is 2.47. The number of likely N-dealkylation sites (N-methyl/N-ethyl adjacent to an activating group) is 1. The summed E-state index contributed by atoms with van der Waals surface area (Å²) in [4.78, 5) is 14.3. The maximum Gasteiger partial charge on any atom is 0.220 e. The van der Waals surface area contributed by atoms with Crippen LogP contribution in [-0.2, 0) is 4.79 Å². The maximum atomic E-state index is 12.0. The number of rotatable bonds is 8. The smallest absolute Gasteiger partial charge is 0.220 e. The van der Waals surface area contributed by atoms with Crippen molar-refractivity contribution in [1.82, 2.24) is 15.5 Å². The zero-order valence-electron chi connectivity index (χ0n) is 13.7. The predicted octanol–water partition coefficient (Wildman–Crippen LogP) is 1.86. The molecule has 0 aliphatic carbocycles. The Hall–Kier alpha value is -0.610. The van der Waals surface area contributed by atoms with E-state index in [1.807, 2.05) is 0 Å². The third kappa shape index (κ3) is 6.23. The van der Waals surface area contributed by atoms with Crippen molar-refractivity contribution in [2.75, 3.05) is 33.2 Å². The Morgan fingerprint density at radius 1 is 1.45 bits per heavy atom. The van der Waals surface area contributed by atoms with E-state index in [1.54, 1.807) is 0 Å². The first kappa shape index (κ1) is 17.4. The van der Waals surface area contributed by atoms with E-state index >= 15 is 0 Å². The molecule has 118 valence electrons. The van der Waals surface area contributed by atoms with Crippen LogP contribution in [0, 0.1) is 11.8 Å². The van der Waals surface area contributed by atoms with Crippen molar-refractivity contribution in [2.24, 2.45) is 11.8 Å². The Bertz CT molecular complexity index is 277. The van der Waals surface area contributed by atoms with Crippen LogP contribution < -0.4 is 10.6 Å². The first-order chi connectivity index (χ1) is 9.54. The SMILES string of the molecule is CCC(C)N(C)CCNC(=O)CC(C)C1CCCNC1. The van der Waals surface area contributed by atoms with Crippen LogP contribution in [0.25, 0.3) is 0 Å². The van der Waals surface area contributed by atoms with Gasteiger partial charge >= 0.3 is 0 Å². The minimum atomic E-state index is 0.209. The van der Waals surface area contributed by atoms with Crippen molar-refractivity contribution in [3.8, 4) is 0 Å². The lowest BCUT2D eigenvalue weighted by Crippen LogP contribution is -2.39. The summed E-state index contributed by atoms with van der Waals surface area (Å²) in [5.41, 5.74) is 0. The predicted molar refractivity (Wildman–Crippen MR) is 84.8 cm³/mol. The second-order valence-electron chi connectivity index (χ2n) is 6.38. The molecule has 0 aromatic heterocycles. The van der Waals surface area contributed by atoms with Gasteiger partial charge in [0.2, 0.25) is 5.91 Å². The molecule has 0 aromatic carbocycles. The van der Waals surface area contributed by atoms with Crippen LogP contribution in [0.5, 0.6) is 0 Å². The summed E-state index contributed by atoms with van der Waals surface area (Å²) < 4.78 is 0. The third-order valence-electron chi connectivity index (χ3n) is 4.78. The molecule has 1 rings (SSSR count). The van der Waals surface area contributed by atoms with Crippen LogP contribution in [0.4, 0.5) is 0 Å². The minimum Gasteiger partial charge on any atom is -0.355 e. The summed E-state index contributed by atoms with van der Waals surface area (Å²) in [6.07, 6.45) is 4.32. The number of hydrogen-bond acceptors (Lipinski definition) is 3. The molecule has 3 atom stereocenters. The standard InChI is InChI=1S/C16H33N3O/c1-5-14(3)19(4)10-9-18-16(20)11-13(2)15-7-6-8-17-12-15/h13-15,17H,5-12H2,1-4H3,(H,18,20). The largest absolute Gasteiger partial charge is 0.355 e. The average molecular weight is 283 g/mol. The van der Waals surface area contributed by atoms with Crippen molar-refractivity contribution in [1.29, 1.82) is 0 Å². The molecule has 4 nitrogen and oxygen atoms in total. The van der Waals surface area contributed by atoms with Crippen LogP contribution in [0.1, 0.15) is 46.5 Å². The van der Waals surface area contributed by atoms with E-state index in [0.29, 0.717) is 24.3 Å². The number of nitrogens with zero attached hydrogens (tertiary/aromatic N) is 1. The van der Waals surface area contributed by atoms with Gasteiger partial charge in [-0.25, -0.2) is 0 Å². The Balaban J connectivity index is 2.16. The topological polar surface area (TPSA) is 44.4 Å². The van der Waals surface area contributed by atoms with Gasteiger partial charge in [0.05, 0.1) is 0 Å². The molecule has 0 bridgehead atoms. The molecule has 1 fully saturated rings. The number of carbonyl (C=O) groups excluding carboxylic acids is 1. The first-order valence-corrected chi connectivity index (χ1v) is 8.22. The van der Waals surface area contributed by atoms with E-state index in [0.717, 1.165) is 32.6 Å². The number of carbonyl (C=O) groups is 1. The van der Waals surface area contributed by atoms with Crippen LogP contribution >= 0.6 is 0 Å². The Morgan fingerprint density at radius 3 is 2.80 bits per heavy atom. The quantitative estimate of drug-likeness (QED) is 0.714. The molecule has 0 radical (unpaired) electrons. The fraction of sp³-hybridized carbons (Fsp3) is 0.938. The third-order valence-corrected chi connectivity index (χ3v) is 4.78. The van der Waals surface area contributed by atoms with Crippen molar-refractivity contribution in [3.63, 3.8) is 0 Å². The molecule has 4 heteroatoms. The van der Waals surface area contributed by atoms with Gasteiger partial charge in [-0.2, -0.15) is 0 Å².